The molecule has 0 unspecified atom stereocenters. The number of allylic oxidation sites excluding steroid dienone is 4. The minimum absolute atomic E-state index is 0.128. The summed E-state index contributed by atoms with van der Waals surface area (Å²) in [6.07, 6.45) is 4.36. The van der Waals surface area contributed by atoms with Crippen molar-refractivity contribution in [2.45, 2.75) is 6.10 Å². The number of morpholine rings is 1. The number of thiol groups is 1. The fourth-order valence-electron chi connectivity index (χ4n) is 1.43. The molecule has 1 aliphatic heterocycles. The maximum absolute atomic E-state index is 11.1. The van der Waals surface area contributed by atoms with E-state index in [-0.39, 0.29) is 18.0 Å². The van der Waals surface area contributed by atoms with E-state index in [1.807, 2.05) is 0 Å². The van der Waals surface area contributed by atoms with Gasteiger partial charge in [-0.1, -0.05) is 25.3 Å². The first kappa shape index (κ1) is 14.0. The molecule has 1 heterocycles. The van der Waals surface area contributed by atoms with E-state index in [9.17, 15) is 13.2 Å². The van der Waals surface area contributed by atoms with E-state index in [1.54, 1.807) is 0 Å². The van der Waals surface area contributed by atoms with Crippen LogP contribution in [0.2, 0.25) is 0 Å². The molecule has 0 spiro atoms. The quantitative estimate of drug-likeness (QED) is 0.725. The lowest BCUT2D eigenvalue weighted by molar-refractivity contribution is -0.149. The van der Waals surface area contributed by atoms with Crippen LogP contribution in [-0.4, -0.2) is 36.4 Å². The number of aliphatic carboxylic acids is 1. The maximum atomic E-state index is 11.1. The minimum Gasteiger partial charge on any atom is -0.478 e. The zero-order chi connectivity index (χ0) is 13.7. The van der Waals surface area contributed by atoms with Crippen LogP contribution in [0, 0.1) is 0 Å². The van der Waals surface area contributed by atoms with Crippen LogP contribution in [0.4, 0.5) is 0 Å². The number of carboxylic acids is 1. The number of hydrogen-bond donors (Lipinski definition) is 2. The Hall–Kier alpha value is -2.02. The number of nitrogens with zero attached hydrogens (tertiary/aromatic N) is 1. The highest BCUT2D eigenvalue weighted by atomic mass is 32.2. The average molecular weight is 271 g/mol. The van der Waals surface area contributed by atoms with Gasteiger partial charge in [-0.25, -0.2) is 13.2 Å². The molecule has 1 N–H and O–H groups in total. The molecule has 1 fully saturated rings. The van der Waals surface area contributed by atoms with Crippen molar-refractivity contribution in [2.24, 2.45) is 0 Å². The standard InChI is InChI=1S/C11H13NO5S/c1-3-5-8-9(6-4-2)17-10(11(13)14)7-12(8)18(15)16/h3-6,10,18H,1-2,7H2,(H,13,14)/b8-5+,9-6+/t10-/m1/s1. The van der Waals surface area contributed by atoms with E-state index in [2.05, 4.69) is 13.2 Å². The van der Waals surface area contributed by atoms with E-state index in [4.69, 9.17) is 9.84 Å². The van der Waals surface area contributed by atoms with Gasteiger partial charge >= 0.3 is 5.97 Å². The zero-order valence-electron chi connectivity index (χ0n) is 9.48. The fourth-order valence-corrected chi connectivity index (χ4v) is 2.05. The average Bonchev–Trinajstić information content (AvgIpc) is 2.30. The number of ether oxygens (including phenoxy) is 1. The first-order valence-corrected chi connectivity index (χ1v) is 6.11. The molecule has 0 saturated carbocycles. The van der Waals surface area contributed by atoms with Crippen LogP contribution in [0.3, 0.4) is 0 Å². The van der Waals surface area contributed by atoms with Crippen molar-refractivity contribution in [3.05, 3.63) is 48.9 Å². The fraction of sp³-hybridized carbons (Fsp3) is 0.182. The van der Waals surface area contributed by atoms with E-state index in [0.717, 1.165) is 4.31 Å². The molecule has 1 atom stereocenters. The Morgan fingerprint density at radius 3 is 2.44 bits per heavy atom. The molecule has 18 heavy (non-hydrogen) atoms. The molecule has 0 aromatic heterocycles. The smallest absolute Gasteiger partial charge is 0.346 e. The summed E-state index contributed by atoms with van der Waals surface area (Å²) in [6.45, 7) is 6.66. The highest BCUT2D eigenvalue weighted by molar-refractivity contribution is 7.70. The van der Waals surface area contributed by atoms with E-state index < -0.39 is 23.0 Å². The Morgan fingerprint density at radius 2 is 2.00 bits per heavy atom. The van der Waals surface area contributed by atoms with Crippen molar-refractivity contribution < 1.29 is 23.1 Å². The van der Waals surface area contributed by atoms with E-state index >= 15 is 0 Å². The summed E-state index contributed by atoms with van der Waals surface area (Å²) in [5, 5.41) is 8.90. The first-order chi connectivity index (χ1) is 8.51. The Morgan fingerprint density at radius 1 is 1.39 bits per heavy atom. The predicted molar refractivity (Wildman–Crippen MR) is 66.1 cm³/mol. The van der Waals surface area contributed by atoms with Gasteiger partial charge in [-0.05, 0) is 12.2 Å². The zero-order valence-corrected chi connectivity index (χ0v) is 10.4. The molecular weight excluding hydrogens is 258 g/mol. The number of hydrogen-bond acceptors (Lipinski definition) is 4. The van der Waals surface area contributed by atoms with Crippen LogP contribution in [0.25, 0.3) is 0 Å². The van der Waals surface area contributed by atoms with Crippen molar-refractivity contribution in [3.63, 3.8) is 0 Å². The van der Waals surface area contributed by atoms with Crippen LogP contribution in [0.1, 0.15) is 0 Å². The van der Waals surface area contributed by atoms with Gasteiger partial charge in [0.25, 0.3) is 0 Å². The third kappa shape index (κ3) is 3.01. The molecule has 0 aliphatic carbocycles. The summed E-state index contributed by atoms with van der Waals surface area (Å²) in [6, 6.07) is 0. The number of carboxylic acid groups (broad SMARTS) is 1. The van der Waals surface area contributed by atoms with Crippen molar-refractivity contribution >= 4 is 16.9 Å². The van der Waals surface area contributed by atoms with Gasteiger partial charge < -0.3 is 9.84 Å². The van der Waals surface area contributed by atoms with Crippen LogP contribution in [0.15, 0.2) is 48.9 Å². The molecular formula is C11H13NO5S. The summed E-state index contributed by atoms with van der Waals surface area (Å²) >= 11 is 0. The third-order valence-electron chi connectivity index (χ3n) is 2.16. The van der Waals surface area contributed by atoms with Gasteiger partial charge in [-0.2, -0.15) is 0 Å². The Labute approximate surface area is 106 Å². The van der Waals surface area contributed by atoms with Crippen LogP contribution >= 0.6 is 0 Å². The summed E-state index contributed by atoms with van der Waals surface area (Å²) < 4.78 is 28.4. The Bertz CT molecular complexity index is 496. The molecule has 0 amide bonds. The molecule has 98 valence electrons. The normalized spacial score (nSPS) is 24.1. The second-order valence-corrected chi connectivity index (χ2v) is 4.28. The lowest BCUT2D eigenvalue weighted by atomic mass is 10.2. The molecule has 0 radical (unpaired) electrons. The lowest BCUT2D eigenvalue weighted by Gasteiger charge is -2.32. The van der Waals surface area contributed by atoms with Crippen molar-refractivity contribution in [3.8, 4) is 0 Å². The van der Waals surface area contributed by atoms with Gasteiger partial charge in [0.1, 0.15) is 5.76 Å². The topological polar surface area (TPSA) is 83.9 Å². The van der Waals surface area contributed by atoms with Crippen molar-refractivity contribution in [1.82, 2.24) is 4.31 Å². The van der Waals surface area contributed by atoms with E-state index in [0.29, 0.717) is 0 Å². The molecule has 1 aliphatic rings. The molecule has 7 heteroatoms. The Kier molecular flexibility index (Phi) is 4.73. The van der Waals surface area contributed by atoms with Crippen molar-refractivity contribution in [2.75, 3.05) is 6.54 Å². The van der Waals surface area contributed by atoms with Crippen LogP contribution in [0.5, 0.6) is 0 Å². The summed E-state index contributed by atoms with van der Waals surface area (Å²) in [7, 11) is -2.96. The second kappa shape index (κ2) is 6.06. The minimum atomic E-state index is -2.96. The molecule has 0 aromatic rings. The molecule has 1 saturated heterocycles. The second-order valence-electron chi connectivity index (χ2n) is 3.32. The molecule has 0 bridgehead atoms. The Balaban J connectivity index is 3.25. The van der Waals surface area contributed by atoms with Gasteiger partial charge in [0.15, 0.2) is 0 Å². The number of rotatable bonds is 4. The van der Waals surface area contributed by atoms with Crippen LogP contribution < -0.4 is 0 Å². The molecule has 1 rings (SSSR count). The van der Waals surface area contributed by atoms with Crippen molar-refractivity contribution in [1.29, 1.82) is 0 Å². The molecule has 6 nitrogen and oxygen atoms in total. The highest BCUT2D eigenvalue weighted by Gasteiger charge is 2.33. The SMILES string of the molecule is C=C/C=C1/O[C@@H](C(=O)O)CN([SH](=O)=O)/C1=C/C=C. The highest BCUT2D eigenvalue weighted by Crippen LogP contribution is 2.25. The van der Waals surface area contributed by atoms with Gasteiger partial charge in [0.2, 0.25) is 17.0 Å². The maximum Gasteiger partial charge on any atom is 0.346 e. The predicted octanol–water partition coefficient (Wildman–Crippen LogP) is 0.438. The summed E-state index contributed by atoms with van der Waals surface area (Å²) in [5.41, 5.74) is 0.235. The first-order valence-electron chi connectivity index (χ1n) is 4.98. The summed E-state index contributed by atoms with van der Waals surface area (Å²) in [4.78, 5) is 10.9. The lowest BCUT2D eigenvalue weighted by Crippen LogP contribution is -2.43. The largest absolute Gasteiger partial charge is 0.478 e. The van der Waals surface area contributed by atoms with Crippen LogP contribution in [-0.2, 0) is 20.4 Å². The monoisotopic (exact) mass is 271 g/mol. The van der Waals surface area contributed by atoms with Gasteiger partial charge in [0.05, 0.1) is 12.2 Å². The van der Waals surface area contributed by atoms with Gasteiger partial charge in [-0.3, -0.25) is 4.31 Å². The van der Waals surface area contributed by atoms with E-state index in [1.165, 1.54) is 24.3 Å². The van der Waals surface area contributed by atoms with Gasteiger partial charge in [0, 0.05) is 0 Å². The third-order valence-corrected chi connectivity index (χ3v) is 2.93. The molecule has 0 aromatic carbocycles. The van der Waals surface area contributed by atoms with Gasteiger partial charge in [-0.15, -0.1) is 0 Å². The summed E-state index contributed by atoms with van der Waals surface area (Å²) in [5.74, 6) is -1.10. The number of carbonyl (C=O) groups is 1.